The molecule has 2 nitrogen and oxygen atoms in total. The van der Waals surface area contributed by atoms with Crippen molar-refractivity contribution in [3.63, 3.8) is 0 Å². The van der Waals surface area contributed by atoms with E-state index in [-0.39, 0.29) is 6.61 Å². The smallest absolute Gasteiger partial charge is 0.126 e. The normalized spacial score (nSPS) is 14.0. The summed E-state index contributed by atoms with van der Waals surface area (Å²) in [4.78, 5) is 0. The Bertz CT molecular complexity index is 644. The highest BCUT2D eigenvalue weighted by Crippen LogP contribution is 2.34. The topological polar surface area (TPSA) is 29.5 Å². The summed E-state index contributed by atoms with van der Waals surface area (Å²) in [5.74, 6) is 0.932. The van der Waals surface area contributed by atoms with Crippen molar-refractivity contribution in [1.82, 2.24) is 0 Å². The van der Waals surface area contributed by atoms with Crippen molar-refractivity contribution in [2.45, 2.75) is 25.7 Å². The van der Waals surface area contributed by atoms with Crippen LogP contribution in [0.5, 0.6) is 5.75 Å². The maximum Gasteiger partial charge on any atom is 0.126 e. The fraction of sp³-hybridized carbons (Fsp3) is 0.300. The highest BCUT2D eigenvalue weighted by Gasteiger charge is 2.14. The number of benzene rings is 2. The quantitative estimate of drug-likeness (QED) is 0.832. The van der Waals surface area contributed by atoms with Gasteiger partial charge in [0.15, 0.2) is 0 Å². The van der Waals surface area contributed by atoms with Gasteiger partial charge >= 0.3 is 0 Å². The second kappa shape index (κ2) is 7.28. The van der Waals surface area contributed by atoms with Gasteiger partial charge in [-0.15, -0.1) is 0 Å². The van der Waals surface area contributed by atoms with Crippen LogP contribution in [0.15, 0.2) is 48.5 Å². The van der Waals surface area contributed by atoms with Gasteiger partial charge in [-0.3, -0.25) is 0 Å². The molecule has 0 aliphatic heterocycles. The predicted octanol–water partition coefficient (Wildman–Crippen LogP) is 4.32. The minimum Gasteiger partial charge on any atom is -0.493 e. The molecule has 22 heavy (non-hydrogen) atoms. The Kier molecular flexibility index (Phi) is 4.92. The lowest BCUT2D eigenvalue weighted by molar-refractivity contribution is 0.233. The summed E-state index contributed by atoms with van der Waals surface area (Å²) in [7, 11) is 0. The summed E-state index contributed by atoms with van der Waals surface area (Å²) in [6, 6.07) is 16.9. The van der Waals surface area contributed by atoms with E-state index in [9.17, 15) is 0 Å². The Labute approximate surface area is 132 Å². The number of aliphatic hydroxyl groups excluding tert-OH is 1. The van der Waals surface area contributed by atoms with Crippen LogP contribution in [0, 0.1) is 0 Å². The van der Waals surface area contributed by atoms with Crippen molar-refractivity contribution >= 4 is 11.6 Å². The molecular formula is C20H22O2. The number of fused-ring (bicyclic) bond motifs is 1. The lowest BCUT2D eigenvalue weighted by atomic mass is 10.0. The van der Waals surface area contributed by atoms with E-state index in [2.05, 4.69) is 48.5 Å². The van der Waals surface area contributed by atoms with Crippen LogP contribution in [0.2, 0.25) is 0 Å². The molecule has 1 N–H and O–H groups in total. The largest absolute Gasteiger partial charge is 0.493 e. The van der Waals surface area contributed by atoms with Crippen LogP contribution in [0.3, 0.4) is 0 Å². The average molecular weight is 294 g/mol. The van der Waals surface area contributed by atoms with Crippen molar-refractivity contribution in [2.75, 3.05) is 13.2 Å². The minimum absolute atomic E-state index is 0.167. The number of ether oxygens (including phenoxy) is 1. The number of allylic oxidation sites excluding steroid dienone is 1. The molecule has 1 aliphatic rings. The molecule has 0 atom stereocenters. The molecule has 114 valence electrons. The summed E-state index contributed by atoms with van der Waals surface area (Å²) in [5, 5.41) is 8.93. The fourth-order valence-electron chi connectivity index (χ4n) is 2.94. The van der Waals surface area contributed by atoms with Crippen molar-refractivity contribution in [2.24, 2.45) is 0 Å². The standard InChI is InChI=1S/C20H22O2/c21-13-6-14-22-20-12-5-10-17-9-4-11-18(15-19(17)20)16-7-2-1-3-8-16/h1-3,5,7-8,10,12,15,21H,4,6,9,11,13-14H2. The van der Waals surface area contributed by atoms with Gasteiger partial charge in [0.2, 0.25) is 0 Å². The molecule has 0 bridgehead atoms. The molecule has 0 saturated carbocycles. The SMILES string of the molecule is OCCCOc1cccc2c1C=C(c1ccccc1)CCC2. The van der Waals surface area contributed by atoms with Gasteiger partial charge in [0.05, 0.1) is 6.61 Å². The van der Waals surface area contributed by atoms with Crippen LogP contribution in [-0.4, -0.2) is 18.3 Å². The summed E-state index contributed by atoms with van der Waals surface area (Å²) in [5.41, 5.74) is 5.22. The summed E-state index contributed by atoms with van der Waals surface area (Å²) in [6.07, 6.45) is 6.28. The Morgan fingerprint density at radius 2 is 1.82 bits per heavy atom. The van der Waals surface area contributed by atoms with Crippen molar-refractivity contribution in [3.8, 4) is 5.75 Å². The Hall–Kier alpha value is -2.06. The van der Waals surface area contributed by atoms with Crippen molar-refractivity contribution in [1.29, 1.82) is 0 Å². The van der Waals surface area contributed by atoms with Crippen LogP contribution < -0.4 is 4.74 Å². The first-order valence-corrected chi connectivity index (χ1v) is 8.00. The number of aliphatic hydroxyl groups is 1. The average Bonchev–Trinajstić information content (AvgIpc) is 2.79. The molecule has 0 amide bonds. The van der Waals surface area contributed by atoms with Gasteiger partial charge in [-0.2, -0.15) is 0 Å². The van der Waals surface area contributed by atoms with E-state index in [1.807, 2.05) is 6.07 Å². The highest BCUT2D eigenvalue weighted by molar-refractivity contribution is 5.84. The molecule has 0 radical (unpaired) electrons. The van der Waals surface area contributed by atoms with Crippen LogP contribution in [0.25, 0.3) is 11.6 Å². The Morgan fingerprint density at radius 3 is 2.64 bits per heavy atom. The lowest BCUT2D eigenvalue weighted by Gasteiger charge is -2.12. The molecule has 1 aliphatic carbocycles. The number of hydrogen-bond donors (Lipinski definition) is 1. The third-order valence-electron chi connectivity index (χ3n) is 4.07. The first-order chi connectivity index (χ1) is 10.9. The second-order valence-electron chi connectivity index (χ2n) is 5.64. The molecule has 0 heterocycles. The van der Waals surface area contributed by atoms with Crippen LogP contribution in [0.1, 0.15) is 36.0 Å². The molecule has 2 aromatic rings. The van der Waals surface area contributed by atoms with Crippen LogP contribution in [-0.2, 0) is 6.42 Å². The zero-order valence-electron chi connectivity index (χ0n) is 12.8. The van der Waals surface area contributed by atoms with Gasteiger partial charge in [0, 0.05) is 18.6 Å². The maximum absolute atomic E-state index is 8.93. The van der Waals surface area contributed by atoms with E-state index >= 15 is 0 Å². The number of hydrogen-bond acceptors (Lipinski definition) is 2. The predicted molar refractivity (Wildman–Crippen MR) is 90.9 cm³/mol. The highest BCUT2D eigenvalue weighted by atomic mass is 16.5. The van der Waals surface area contributed by atoms with Crippen molar-refractivity contribution < 1.29 is 9.84 Å². The third-order valence-corrected chi connectivity index (χ3v) is 4.07. The lowest BCUT2D eigenvalue weighted by Crippen LogP contribution is -2.02. The number of rotatable bonds is 5. The summed E-state index contributed by atoms with van der Waals surface area (Å²) >= 11 is 0. The zero-order valence-corrected chi connectivity index (χ0v) is 12.8. The molecule has 0 fully saturated rings. The minimum atomic E-state index is 0.167. The van der Waals surface area contributed by atoms with E-state index in [1.165, 1.54) is 22.3 Å². The van der Waals surface area contributed by atoms with Crippen molar-refractivity contribution in [3.05, 3.63) is 65.2 Å². The zero-order chi connectivity index (χ0) is 15.2. The fourth-order valence-corrected chi connectivity index (χ4v) is 2.94. The number of aryl methyl sites for hydroxylation is 1. The Balaban J connectivity index is 1.95. The van der Waals surface area contributed by atoms with E-state index in [4.69, 9.17) is 9.84 Å². The first kappa shape index (κ1) is 14.9. The van der Waals surface area contributed by atoms with Gasteiger partial charge < -0.3 is 9.84 Å². The molecule has 2 heteroatoms. The monoisotopic (exact) mass is 294 g/mol. The van der Waals surface area contributed by atoms with E-state index < -0.39 is 0 Å². The van der Waals surface area contributed by atoms with E-state index in [0.29, 0.717) is 13.0 Å². The van der Waals surface area contributed by atoms with Gasteiger partial charge in [-0.05, 0) is 48.1 Å². The van der Waals surface area contributed by atoms with E-state index in [1.54, 1.807) is 0 Å². The summed E-state index contributed by atoms with van der Waals surface area (Å²) in [6.45, 7) is 0.724. The molecule has 0 saturated heterocycles. The maximum atomic E-state index is 8.93. The van der Waals surface area contributed by atoms with Crippen LogP contribution >= 0.6 is 0 Å². The summed E-state index contributed by atoms with van der Waals surface area (Å²) < 4.78 is 5.88. The first-order valence-electron chi connectivity index (χ1n) is 8.00. The second-order valence-corrected chi connectivity index (χ2v) is 5.64. The third kappa shape index (κ3) is 3.40. The van der Waals surface area contributed by atoms with Gasteiger partial charge in [-0.1, -0.05) is 42.5 Å². The van der Waals surface area contributed by atoms with Gasteiger partial charge in [0.25, 0.3) is 0 Å². The molecular weight excluding hydrogens is 272 g/mol. The molecule has 3 rings (SSSR count). The Morgan fingerprint density at radius 1 is 0.955 bits per heavy atom. The van der Waals surface area contributed by atoms with Gasteiger partial charge in [-0.25, -0.2) is 0 Å². The molecule has 0 unspecified atom stereocenters. The molecule has 2 aromatic carbocycles. The van der Waals surface area contributed by atoms with Gasteiger partial charge in [0.1, 0.15) is 5.75 Å². The van der Waals surface area contributed by atoms with Crippen LogP contribution in [0.4, 0.5) is 0 Å². The molecule has 0 spiro atoms. The molecule has 0 aromatic heterocycles. The van der Waals surface area contributed by atoms with E-state index in [0.717, 1.165) is 25.0 Å².